The molecule has 0 aliphatic heterocycles. The molecule has 0 radical (unpaired) electrons. The maximum atomic E-state index is 13.1. The van der Waals surface area contributed by atoms with Crippen molar-refractivity contribution < 1.29 is 9.18 Å². The molecule has 0 saturated heterocycles. The van der Waals surface area contributed by atoms with Crippen LogP contribution in [0.5, 0.6) is 0 Å². The van der Waals surface area contributed by atoms with Crippen molar-refractivity contribution in [2.24, 2.45) is 0 Å². The van der Waals surface area contributed by atoms with Crippen molar-refractivity contribution >= 4 is 11.6 Å². The van der Waals surface area contributed by atoms with Gasteiger partial charge >= 0.3 is 0 Å². The average molecular weight is 281 g/mol. The Morgan fingerprint density at radius 2 is 1.90 bits per heavy atom. The molecule has 1 aromatic rings. The molecular formula is C15H24FN3O. The van der Waals surface area contributed by atoms with E-state index in [0.717, 1.165) is 12.6 Å². The first-order chi connectivity index (χ1) is 9.32. The zero-order valence-corrected chi connectivity index (χ0v) is 12.6. The lowest BCUT2D eigenvalue weighted by Gasteiger charge is -2.30. The van der Waals surface area contributed by atoms with Crippen LogP contribution in [0, 0.1) is 5.82 Å². The number of hydrogen-bond donors (Lipinski definition) is 2. The molecule has 1 amide bonds. The van der Waals surface area contributed by atoms with E-state index in [4.69, 9.17) is 5.73 Å². The van der Waals surface area contributed by atoms with Crippen molar-refractivity contribution in [3.8, 4) is 0 Å². The van der Waals surface area contributed by atoms with E-state index in [9.17, 15) is 9.18 Å². The molecular weight excluding hydrogens is 257 g/mol. The third-order valence-electron chi connectivity index (χ3n) is 3.24. The second-order valence-electron chi connectivity index (χ2n) is 5.41. The SMILES string of the molecule is CC(C)N(CCNC(=O)c1cc(F)ccc1N)C(C)C. The number of nitrogens with two attached hydrogens (primary N) is 1. The summed E-state index contributed by atoms with van der Waals surface area (Å²) in [5.41, 5.74) is 6.15. The van der Waals surface area contributed by atoms with Crippen molar-refractivity contribution in [3.05, 3.63) is 29.6 Å². The molecule has 1 rings (SSSR count). The second kappa shape index (κ2) is 7.24. The summed E-state index contributed by atoms with van der Waals surface area (Å²) < 4.78 is 13.1. The van der Waals surface area contributed by atoms with Crippen molar-refractivity contribution in [1.29, 1.82) is 0 Å². The van der Waals surface area contributed by atoms with Crippen LogP contribution in [0.4, 0.5) is 10.1 Å². The number of benzene rings is 1. The lowest BCUT2D eigenvalue weighted by atomic mass is 10.1. The summed E-state index contributed by atoms with van der Waals surface area (Å²) in [4.78, 5) is 14.2. The van der Waals surface area contributed by atoms with Gasteiger partial charge in [-0.15, -0.1) is 0 Å². The minimum absolute atomic E-state index is 0.186. The zero-order valence-electron chi connectivity index (χ0n) is 12.6. The number of rotatable bonds is 6. The molecule has 4 nitrogen and oxygen atoms in total. The highest BCUT2D eigenvalue weighted by Crippen LogP contribution is 2.13. The average Bonchev–Trinajstić information content (AvgIpc) is 2.36. The maximum absolute atomic E-state index is 13.1. The molecule has 0 atom stereocenters. The van der Waals surface area contributed by atoms with Gasteiger partial charge in [0.1, 0.15) is 5.82 Å². The Balaban J connectivity index is 2.57. The van der Waals surface area contributed by atoms with E-state index in [1.54, 1.807) is 0 Å². The number of nitrogens with one attached hydrogen (secondary N) is 1. The third kappa shape index (κ3) is 4.49. The van der Waals surface area contributed by atoms with Crippen LogP contribution < -0.4 is 11.1 Å². The molecule has 0 unspecified atom stereocenters. The van der Waals surface area contributed by atoms with E-state index in [-0.39, 0.29) is 17.2 Å². The summed E-state index contributed by atoms with van der Waals surface area (Å²) in [5, 5.41) is 2.78. The Labute approximate surface area is 120 Å². The number of nitrogens with zero attached hydrogens (tertiary/aromatic N) is 1. The molecule has 112 valence electrons. The van der Waals surface area contributed by atoms with Crippen LogP contribution in [0.25, 0.3) is 0 Å². The second-order valence-corrected chi connectivity index (χ2v) is 5.41. The van der Waals surface area contributed by atoms with Gasteiger partial charge in [0.2, 0.25) is 0 Å². The predicted octanol–water partition coefficient (Wildman–Crippen LogP) is 2.26. The molecule has 0 heterocycles. The number of halogens is 1. The number of nitrogen functional groups attached to an aromatic ring is 1. The van der Waals surface area contributed by atoms with E-state index in [0.29, 0.717) is 18.6 Å². The van der Waals surface area contributed by atoms with Crippen LogP contribution in [0.2, 0.25) is 0 Å². The van der Waals surface area contributed by atoms with Crippen LogP contribution in [0.15, 0.2) is 18.2 Å². The Morgan fingerprint density at radius 1 is 1.30 bits per heavy atom. The van der Waals surface area contributed by atoms with Crippen molar-refractivity contribution in [2.75, 3.05) is 18.8 Å². The molecule has 0 aliphatic rings. The number of hydrogen-bond acceptors (Lipinski definition) is 3. The van der Waals surface area contributed by atoms with Crippen molar-refractivity contribution in [1.82, 2.24) is 10.2 Å². The Morgan fingerprint density at radius 3 is 2.45 bits per heavy atom. The summed E-state index contributed by atoms with van der Waals surface area (Å²) in [6.07, 6.45) is 0. The van der Waals surface area contributed by atoms with Gasteiger partial charge in [-0.1, -0.05) is 0 Å². The number of anilines is 1. The molecule has 20 heavy (non-hydrogen) atoms. The smallest absolute Gasteiger partial charge is 0.253 e. The molecule has 0 bridgehead atoms. The topological polar surface area (TPSA) is 58.4 Å². The fourth-order valence-electron chi connectivity index (χ4n) is 2.23. The van der Waals surface area contributed by atoms with Gasteiger partial charge in [0, 0.05) is 30.9 Å². The van der Waals surface area contributed by atoms with Crippen molar-refractivity contribution in [3.63, 3.8) is 0 Å². The quantitative estimate of drug-likeness (QED) is 0.786. The van der Waals surface area contributed by atoms with Crippen LogP contribution >= 0.6 is 0 Å². The Hall–Kier alpha value is -1.62. The molecule has 5 heteroatoms. The van der Waals surface area contributed by atoms with E-state index in [2.05, 4.69) is 37.9 Å². The van der Waals surface area contributed by atoms with Crippen molar-refractivity contribution in [2.45, 2.75) is 39.8 Å². The molecule has 0 spiro atoms. The first kappa shape index (κ1) is 16.4. The van der Waals surface area contributed by atoms with Gasteiger partial charge in [0.05, 0.1) is 5.56 Å². The van der Waals surface area contributed by atoms with E-state index < -0.39 is 5.82 Å². The predicted molar refractivity (Wildman–Crippen MR) is 80.1 cm³/mol. The minimum atomic E-state index is -0.463. The van der Waals surface area contributed by atoms with Crippen LogP contribution in [-0.2, 0) is 0 Å². The zero-order chi connectivity index (χ0) is 15.3. The highest BCUT2D eigenvalue weighted by molar-refractivity contribution is 5.99. The van der Waals surface area contributed by atoms with Gasteiger partial charge in [-0.25, -0.2) is 4.39 Å². The number of carbonyl (C=O) groups excluding carboxylic acids is 1. The maximum Gasteiger partial charge on any atom is 0.253 e. The van der Waals surface area contributed by atoms with Gasteiger partial charge in [-0.3, -0.25) is 9.69 Å². The Kier molecular flexibility index (Phi) is 5.95. The highest BCUT2D eigenvalue weighted by atomic mass is 19.1. The largest absolute Gasteiger partial charge is 0.398 e. The molecule has 1 aromatic carbocycles. The number of amides is 1. The third-order valence-corrected chi connectivity index (χ3v) is 3.24. The van der Waals surface area contributed by atoms with Gasteiger partial charge in [0.25, 0.3) is 5.91 Å². The molecule has 0 aromatic heterocycles. The highest BCUT2D eigenvalue weighted by Gasteiger charge is 2.14. The fourth-order valence-corrected chi connectivity index (χ4v) is 2.23. The minimum Gasteiger partial charge on any atom is -0.398 e. The normalized spacial score (nSPS) is 11.4. The fraction of sp³-hybridized carbons (Fsp3) is 0.533. The summed E-state index contributed by atoms with van der Waals surface area (Å²) in [7, 11) is 0. The number of carbonyl (C=O) groups is 1. The van der Waals surface area contributed by atoms with Gasteiger partial charge < -0.3 is 11.1 Å². The van der Waals surface area contributed by atoms with Crippen LogP contribution in [-0.4, -0.2) is 36.0 Å². The lowest BCUT2D eigenvalue weighted by Crippen LogP contribution is -2.42. The first-order valence-corrected chi connectivity index (χ1v) is 6.92. The molecule has 0 saturated carbocycles. The monoisotopic (exact) mass is 281 g/mol. The molecule has 3 N–H and O–H groups in total. The van der Waals surface area contributed by atoms with Gasteiger partial charge in [-0.05, 0) is 45.9 Å². The first-order valence-electron chi connectivity index (χ1n) is 6.92. The lowest BCUT2D eigenvalue weighted by molar-refractivity contribution is 0.0940. The van der Waals surface area contributed by atoms with E-state index in [1.165, 1.54) is 12.1 Å². The van der Waals surface area contributed by atoms with Crippen LogP contribution in [0.3, 0.4) is 0 Å². The van der Waals surface area contributed by atoms with Crippen LogP contribution in [0.1, 0.15) is 38.1 Å². The summed E-state index contributed by atoms with van der Waals surface area (Å²) >= 11 is 0. The summed E-state index contributed by atoms with van der Waals surface area (Å²) in [6.45, 7) is 9.72. The summed E-state index contributed by atoms with van der Waals surface area (Å²) in [5.74, 6) is -0.801. The standard InChI is InChI=1S/C15H24FN3O/c1-10(2)19(11(3)4)8-7-18-15(20)13-9-12(16)5-6-14(13)17/h5-6,9-11H,7-8,17H2,1-4H3,(H,18,20). The Bertz CT molecular complexity index is 452. The molecule has 0 aliphatic carbocycles. The summed E-state index contributed by atoms with van der Waals surface area (Å²) in [6, 6.07) is 4.62. The van der Waals surface area contributed by atoms with E-state index >= 15 is 0 Å². The van der Waals surface area contributed by atoms with E-state index in [1.807, 2.05) is 0 Å². The van der Waals surface area contributed by atoms with Gasteiger partial charge in [0.15, 0.2) is 0 Å². The molecule has 0 fully saturated rings. The van der Waals surface area contributed by atoms with Gasteiger partial charge in [-0.2, -0.15) is 0 Å².